The van der Waals surface area contributed by atoms with Crippen molar-refractivity contribution in [1.82, 2.24) is 4.90 Å². The smallest absolute Gasteiger partial charge is 0.378 e. The van der Waals surface area contributed by atoms with Crippen LogP contribution in [-0.2, 0) is 15.7 Å². The minimum Gasteiger partial charge on any atom is -0.378 e. The largest absolute Gasteiger partial charge is 0.416 e. The van der Waals surface area contributed by atoms with Crippen molar-refractivity contribution in [3.8, 4) is 0 Å². The summed E-state index contributed by atoms with van der Waals surface area (Å²) in [6.07, 6.45) is -1.11. The van der Waals surface area contributed by atoms with Crippen molar-refractivity contribution in [2.75, 3.05) is 26.2 Å². The zero-order valence-electron chi connectivity index (χ0n) is 14.7. The van der Waals surface area contributed by atoms with Crippen LogP contribution in [0, 0.1) is 5.92 Å². The van der Waals surface area contributed by atoms with E-state index in [2.05, 4.69) is 0 Å². The molecule has 2 atom stereocenters. The SMILES string of the molecule is NCCCOC1CCN(C(=O)C2CC2c2cccc(C(F)(F)F)c2)CC1. The molecule has 1 saturated carbocycles. The van der Waals surface area contributed by atoms with Crippen molar-refractivity contribution < 1.29 is 22.7 Å². The highest BCUT2D eigenvalue weighted by Gasteiger charge is 2.46. The van der Waals surface area contributed by atoms with Gasteiger partial charge in [0.25, 0.3) is 0 Å². The summed E-state index contributed by atoms with van der Waals surface area (Å²) >= 11 is 0. The van der Waals surface area contributed by atoms with Gasteiger partial charge in [0, 0.05) is 25.6 Å². The molecule has 26 heavy (non-hydrogen) atoms. The van der Waals surface area contributed by atoms with Gasteiger partial charge < -0.3 is 15.4 Å². The van der Waals surface area contributed by atoms with E-state index in [1.807, 2.05) is 4.90 Å². The number of ether oxygens (including phenoxy) is 1. The normalized spacial score (nSPS) is 23.9. The van der Waals surface area contributed by atoms with Crippen molar-refractivity contribution in [2.24, 2.45) is 11.7 Å². The Morgan fingerprint density at radius 2 is 2.00 bits per heavy atom. The summed E-state index contributed by atoms with van der Waals surface area (Å²) in [5.41, 5.74) is 5.40. The molecule has 0 aromatic heterocycles. The molecule has 2 aliphatic rings. The maximum absolute atomic E-state index is 12.9. The van der Waals surface area contributed by atoms with Crippen LogP contribution in [0.3, 0.4) is 0 Å². The first-order valence-corrected chi connectivity index (χ1v) is 9.17. The Morgan fingerprint density at radius 3 is 2.65 bits per heavy atom. The van der Waals surface area contributed by atoms with E-state index in [4.69, 9.17) is 10.5 Å². The molecule has 1 aromatic carbocycles. The molecule has 7 heteroatoms. The van der Waals surface area contributed by atoms with Gasteiger partial charge in [-0.3, -0.25) is 4.79 Å². The van der Waals surface area contributed by atoms with E-state index in [0.717, 1.165) is 25.3 Å². The van der Waals surface area contributed by atoms with Crippen LogP contribution in [-0.4, -0.2) is 43.2 Å². The highest BCUT2D eigenvalue weighted by Crippen LogP contribution is 2.49. The molecule has 1 aromatic rings. The van der Waals surface area contributed by atoms with E-state index < -0.39 is 11.7 Å². The van der Waals surface area contributed by atoms with Gasteiger partial charge in [-0.15, -0.1) is 0 Å². The molecule has 1 heterocycles. The Morgan fingerprint density at radius 1 is 1.27 bits per heavy atom. The second-order valence-electron chi connectivity index (χ2n) is 7.11. The van der Waals surface area contributed by atoms with Crippen molar-refractivity contribution in [3.05, 3.63) is 35.4 Å². The second kappa shape index (κ2) is 7.96. The minimum atomic E-state index is -4.35. The zero-order chi connectivity index (χ0) is 18.7. The zero-order valence-corrected chi connectivity index (χ0v) is 14.7. The van der Waals surface area contributed by atoms with E-state index in [0.29, 0.717) is 38.2 Å². The minimum absolute atomic E-state index is 0.0628. The second-order valence-corrected chi connectivity index (χ2v) is 7.11. The van der Waals surface area contributed by atoms with Crippen molar-refractivity contribution >= 4 is 5.91 Å². The monoisotopic (exact) mass is 370 g/mol. The average Bonchev–Trinajstić information content (AvgIpc) is 3.42. The third kappa shape index (κ3) is 4.57. The van der Waals surface area contributed by atoms with Crippen LogP contribution in [0.5, 0.6) is 0 Å². The number of likely N-dealkylation sites (tertiary alicyclic amines) is 1. The van der Waals surface area contributed by atoms with Gasteiger partial charge in [0.15, 0.2) is 0 Å². The van der Waals surface area contributed by atoms with E-state index in [9.17, 15) is 18.0 Å². The number of nitrogens with zero attached hydrogens (tertiary/aromatic N) is 1. The lowest BCUT2D eigenvalue weighted by Crippen LogP contribution is -2.42. The number of piperidine rings is 1. The number of benzene rings is 1. The maximum atomic E-state index is 12.9. The van der Waals surface area contributed by atoms with Crippen LogP contribution in [0.2, 0.25) is 0 Å². The average molecular weight is 370 g/mol. The number of carbonyl (C=O) groups is 1. The van der Waals surface area contributed by atoms with Crippen LogP contribution < -0.4 is 5.73 Å². The summed E-state index contributed by atoms with van der Waals surface area (Å²) in [6, 6.07) is 5.35. The highest BCUT2D eigenvalue weighted by molar-refractivity contribution is 5.83. The molecule has 1 aliphatic heterocycles. The molecule has 0 spiro atoms. The van der Waals surface area contributed by atoms with Crippen molar-refractivity contribution in [2.45, 2.75) is 43.9 Å². The van der Waals surface area contributed by atoms with E-state index in [1.54, 1.807) is 6.07 Å². The summed E-state index contributed by atoms with van der Waals surface area (Å²) in [7, 11) is 0. The fraction of sp³-hybridized carbons (Fsp3) is 0.632. The summed E-state index contributed by atoms with van der Waals surface area (Å²) in [4.78, 5) is 14.5. The van der Waals surface area contributed by atoms with Gasteiger partial charge in [-0.2, -0.15) is 13.2 Å². The molecule has 4 nitrogen and oxygen atoms in total. The third-order valence-electron chi connectivity index (χ3n) is 5.21. The fourth-order valence-electron chi connectivity index (χ4n) is 3.59. The molecule has 2 N–H and O–H groups in total. The fourth-order valence-corrected chi connectivity index (χ4v) is 3.59. The Hall–Kier alpha value is -1.60. The van der Waals surface area contributed by atoms with Crippen LogP contribution in [0.4, 0.5) is 13.2 Å². The van der Waals surface area contributed by atoms with Gasteiger partial charge in [-0.25, -0.2) is 0 Å². The number of rotatable bonds is 6. The number of alkyl halides is 3. The first kappa shape index (κ1) is 19.2. The number of hydrogen-bond donors (Lipinski definition) is 1. The predicted octanol–water partition coefficient (Wildman–Crippen LogP) is 3.17. The van der Waals surface area contributed by atoms with Gasteiger partial charge in [0.2, 0.25) is 5.91 Å². The van der Waals surface area contributed by atoms with Gasteiger partial charge in [0.1, 0.15) is 0 Å². The molecule has 1 saturated heterocycles. The first-order chi connectivity index (χ1) is 12.4. The number of carbonyl (C=O) groups excluding carboxylic acids is 1. The Kier molecular flexibility index (Phi) is 5.87. The maximum Gasteiger partial charge on any atom is 0.416 e. The van der Waals surface area contributed by atoms with Crippen molar-refractivity contribution in [3.63, 3.8) is 0 Å². The van der Waals surface area contributed by atoms with E-state index >= 15 is 0 Å². The van der Waals surface area contributed by atoms with Crippen molar-refractivity contribution in [1.29, 1.82) is 0 Å². The molecular formula is C19H25F3N2O2. The van der Waals surface area contributed by atoms with Crippen LogP contribution in [0.1, 0.15) is 42.7 Å². The Balaban J connectivity index is 1.51. The van der Waals surface area contributed by atoms with Crippen LogP contribution in [0.15, 0.2) is 24.3 Å². The number of halogens is 3. The van der Waals surface area contributed by atoms with Crippen LogP contribution >= 0.6 is 0 Å². The lowest BCUT2D eigenvalue weighted by molar-refractivity contribution is -0.137. The lowest BCUT2D eigenvalue weighted by atomic mass is 10.0. The summed E-state index contributed by atoms with van der Waals surface area (Å²) in [6.45, 7) is 2.56. The molecule has 3 rings (SSSR count). The molecule has 0 radical (unpaired) electrons. The third-order valence-corrected chi connectivity index (χ3v) is 5.21. The first-order valence-electron chi connectivity index (χ1n) is 9.17. The highest BCUT2D eigenvalue weighted by atomic mass is 19.4. The van der Waals surface area contributed by atoms with E-state index in [-0.39, 0.29) is 23.8 Å². The van der Waals surface area contributed by atoms with Gasteiger partial charge in [-0.05, 0) is 49.8 Å². The van der Waals surface area contributed by atoms with Crippen LogP contribution in [0.25, 0.3) is 0 Å². The van der Waals surface area contributed by atoms with Gasteiger partial charge in [-0.1, -0.05) is 18.2 Å². The van der Waals surface area contributed by atoms with Gasteiger partial charge in [0.05, 0.1) is 11.7 Å². The standard InChI is InChI=1S/C19H25F3N2O2/c20-19(21,22)14-4-1-3-13(11-14)16-12-17(16)18(25)24-8-5-15(6-9-24)26-10-2-7-23/h1,3-4,11,15-17H,2,5-10,12,23H2. The molecule has 2 fully saturated rings. The Labute approximate surface area is 151 Å². The quantitative estimate of drug-likeness (QED) is 0.783. The topological polar surface area (TPSA) is 55.6 Å². The van der Waals surface area contributed by atoms with E-state index in [1.165, 1.54) is 12.1 Å². The summed E-state index contributed by atoms with van der Waals surface area (Å²) < 4.78 is 44.3. The number of hydrogen-bond acceptors (Lipinski definition) is 3. The predicted molar refractivity (Wildman–Crippen MR) is 91.5 cm³/mol. The molecule has 1 aliphatic carbocycles. The van der Waals surface area contributed by atoms with Gasteiger partial charge >= 0.3 is 6.18 Å². The Bertz CT molecular complexity index is 627. The lowest BCUT2D eigenvalue weighted by Gasteiger charge is -2.32. The summed E-state index contributed by atoms with van der Waals surface area (Å²) in [5, 5.41) is 0. The summed E-state index contributed by atoms with van der Waals surface area (Å²) in [5.74, 6) is -0.218. The molecule has 0 bridgehead atoms. The molecular weight excluding hydrogens is 345 g/mol. The molecule has 144 valence electrons. The molecule has 1 amide bonds. The molecule has 2 unspecified atom stereocenters. The number of nitrogens with two attached hydrogens (primary N) is 1. The number of amides is 1.